The van der Waals surface area contributed by atoms with Crippen molar-refractivity contribution in [1.82, 2.24) is 0 Å². The van der Waals surface area contributed by atoms with Gasteiger partial charge in [-0.1, -0.05) is 19.1 Å². The van der Waals surface area contributed by atoms with E-state index >= 15 is 0 Å². The zero-order chi connectivity index (χ0) is 9.97. The zero-order valence-electron chi connectivity index (χ0n) is 8.75. The first-order chi connectivity index (χ1) is 6.60. The van der Waals surface area contributed by atoms with Gasteiger partial charge in [0.15, 0.2) is 0 Å². The average Bonchev–Trinajstić information content (AvgIpc) is 2.66. The summed E-state index contributed by atoms with van der Waals surface area (Å²) in [7, 11) is 0. The molecule has 2 bridgehead atoms. The van der Waals surface area contributed by atoms with E-state index in [1.807, 2.05) is 0 Å². The Morgan fingerprint density at radius 3 is 3.07 bits per heavy atom. The summed E-state index contributed by atoms with van der Waals surface area (Å²) in [6, 6.07) is 0. The molecule has 0 aromatic rings. The van der Waals surface area contributed by atoms with Crippen LogP contribution in [0.25, 0.3) is 0 Å². The molecule has 2 heterocycles. The van der Waals surface area contributed by atoms with Crippen LogP contribution in [0.5, 0.6) is 0 Å². The van der Waals surface area contributed by atoms with Gasteiger partial charge < -0.3 is 4.74 Å². The van der Waals surface area contributed by atoms with Gasteiger partial charge in [-0.25, -0.2) is 0 Å². The van der Waals surface area contributed by atoms with Crippen LogP contribution in [0, 0.1) is 11.3 Å². The van der Waals surface area contributed by atoms with Crippen molar-refractivity contribution in [2.75, 3.05) is 0 Å². The number of Topliss-reactive ketones (excluding diaryl/α,β-unsaturated/α-hetero) is 1. The smallest absolute Gasteiger partial charge is 0.142 e. The van der Waals surface area contributed by atoms with E-state index in [0.29, 0.717) is 11.7 Å². The molecule has 2 fully saturated rings. The molecule has 0 aromatic carbocycles. The number of ketones is 1. The molecule has 14 heavy (non-hydrogen) atoms. The van der Waals surface area contributed by atoms with Crippen molar-refractivity contribution in [2.45, 2.75) is 44.8 Å². The van der Waals surface area contributed by atoms with Crippen LogP contribution in [0.4, 0.5) is 0 Å². The fourth-order valence-electron chi connectivity index (χ4n) is 3.51. The zero-order valence-corrected chi connectivity index (χ0v) is 8.75. The summed E-state index contributed by atoms with van der Waals surface area (Å²) in [4.78, 5) is 12.1. The van der Waals surface area contributed by atoms with Crippen molar-refractivity contribution in [1.29, 1.82) is 0 Å². The minimum atomic E-state index is -0.245. The maximum Gasteiger partial charge on any atom is 0.142 e. The van der Waals surface area contributed by atoms with Crippen LogP contribution in [0.15, 0.2) is 12.2 Å². The predicted octanol–water partition coefficient (Wildman–Crippen LogP) is 2.09. The maximum absolute atomic E-state index is 12.1. The van der Waals surface area contributed by atoms with Crippen LogP contribution in [0.3, 0.4) is 0 Å². The van der Waals surface area contributed by atoms with Gasteiger partial charge in [0.05, 0.1) is 17.1 Å². The van der Waals surface area contributed by atoms with E-state index < -0.39 is 0 Å². The summed E-state index contributed by atoms with van der Waals surface area (Å²) in [5.41, 5.74) is -0.489. The lowest BCUT2D eigenvalue weighted by Crippen LogP contribution is -2.52. The predicted molar refractivity (Wildman–Crippen MR) is 52.9 cm³/mol. The van der Waals surface area contributed by atoms with E-state index in [1.54, 1.807) is 0 Å². The van der Waals surface area contributed by atoms with Gasteiger partial charge in [-0.15, -0.1) is 0 Å². The summed E-state index contributed by atoms with van der Waals surface area (Å²) in [6.07, 6.45) is 7.22. The highest BCUT2D eigenvalue weighted by atomic mass is 16.5. The molecule has 0 N–H and O–H groups in total. The second kappa shape index (κ2) is 2.30. The molecule has 76 valence electrons. The third-order valence-corrected chi connectivity index (χ3v) is 4.72. The Bertz CT molecular complexity index is 333. The van der Waals surface area contributed by atoms with E-state index in [9.17, 15) is 4.79 Å². The highest BCUT2D eigenvalue weighted by molar-refractivity contribution is 5.88. The summed E-state index contributed by atoms with van der Waals surface area (Å²) < 4.78 is 6.02. The quantitative estimate of drug-likeness (QED) is 0.549. The largest absolute Gasteiger partial charge is 0.362 e. The summed E-state index contributed by atoms with van der Waals surface area (Å²) in [6.45, 7) is 4.25. The standard InChI is InChI=1S/C12H16O2/c1-8-9-5-7-12(14-9)6-3-4-10(13)11(8,12)2/h5,7-9H,3-4,6H2,1-2H3/t8-,9+,11-,12-/m1/s1. The van der Waals surface area contributed by atoms with Crippen LogP contribution < -0.4 is 0 Å². The van der Waals surface area contributed by atoms with Crippen molar-refractivity contribution in [2.24, 2.45) is 11.3 Å². The molecule has 4 atom stereocenters. The van der Waals surface area contributed by atoms with Gasteiger partial charge >= 0.3 is 0 Å². The van der Waals surface area contributed by atoms with Crippen molar-refractivity contribution in [3.63, 3.8) is 0 Å². The van der Waals surface area contributed by atoms with E-state index in [4.69, 9.17) is 4.74 Å². The van der Waals surface area contributed by atoms with Gasteiger partial charge in [-0.3, -0.25) is 4.79 Å². The first-order valence-electron chi connectivity index (χ1n) is 5.51. The molecule has 1 saturated carbocycles. The first kappa shape index (κ1) is 8.66. The molecular formula is C12H16O2. The molecule has 1 aliphatic carbocycles. The SMILES string of the molecule is C[C@@H]1[C@@H]2C=C[C@@]3(CCCC(=O)[C@@]13C)O2. The normalized spacial score (nSPS) is 55.1. The number of hydrogen-bond acceptors (Lipinski definition) is 2. The van der Waals surface area contributed by atoms with E-state index in [2.05, 4.69) is 26.0 Å². The Morgan fingerprint density at radius 2 is 2.36 bits per heavy atom. The number of rotatable bonds is 0. The monoisotopic (exact) mass is 192 g/mol. The summed E-state index contributed by atoms with van der Waals surface area (Å²) in [5.74, 6) is 0.753. The molecule has 0 amide bonds. The third kappa shape index (κ3) is 0.681. The van der Waals surface area contributed by atoms with Gasteiger partial charge in [0, 0.05) is 12.3 Å². The lowest BCUT2D eigenvalue weighted by molar-refractivity contribution is -0.141. The Morgan fingerprint density at radius 1 is 1.57 bits per heavy atom. The fraction of sp³-hybridized carbons (Fsp3) is 0.750. The summed E-state index contributed by atoms with van der Waals surface area (Å²) in [5, 5.41) is 0. The molecule has 1 saturated heterocycles. The fourth-order valence-corrected chi connectivity index (χ4v) is 3.51. The topological polar surface area (TPSA) is 26.3 Å². The molecule has 3 rings (SSSR count). The van der Waals surface area contributed by atoms with E-state index in [-0.39, 0.29) is 17.1 Å². The third-order valence-electron chi connectivity index (χ3n) is 4.72. The Hall–Kier alpha value is -0.630. The molecular weight excluding hydrogens is 176 g/mol. The van der Waals surface area contributed by atoms with Crippen molar-refractivity contribution in [3.05, 3.63) is 12.2 Å². The second-order valence-corrected chi connectivity index (χ2v) is 5.10. The Balaban J connectivity index is 2.16. The molecule has 1 spiro atoms. The molecule has 2 aliphatic heterocycles. The molecule has 0 aromatic heterocycles. The van der Waals surface area contributed by atoms with Crippen molar-refractivity contribution >= 4 is 5.78 Å². The minimum Gasteiger partial charge on any atom is -0.362 e. The maximum atomic E-state index is 12.1. The average molecular weight is 192 g/mol. The molecule has 0 unspecified atom stereocenters. The molecule has 0 radical (unpaired) electrons. The van der Waals surface area contributed by atoms with Crippen molar-refractivity contribution < 1.29 is 9.53 Å². The Labute approximate surface area is 84.3 Å². The van der Waals surface area contributed by atoms with Crippen LogP contribution in [-0.4, -0.2) is 17.5 Å². The van der Waals surface area contributed by atoms with E-state index in [0.717, 1.165) is 19.3 Å². The van der Waals surface area contributed by atoms with Crippen LogP contribution in [-0.2, 0) is 9.53 Å². The van der Waals surface area contributed by atoms with Crippen LogP contribution in [0.1, 0.15) is 33.1 Å². The highest BCUT2D eigenvalue weighted by Crippen LogP contribution is 2.60. The first-order valence-corrected chi connectivity index (χ1v) is 5.51. The number of carbonyl (C=O) groups is 1. The second-order valence-electron chi connectivity index (χ2n) is 5.10. The lowest BCUT2D eigenvalue weighted by Gasteiger charge is -2.44. The van der Waals surface area contributed by atoms with E-state index in [1.165, 1.54) is 0 Å². The number of fused-ring (bicyclic) bond motifs is 1. The van der Waals surface area contributed by atoms with Gasteiger partial charge in [0.2, 0.25) is 0 Å². The van der Waals surface area contributed by atoms with Crippen molar-refractivity contribution in [3.8, 4) is 0 Å². The van der Waals surface area contributed by atoms with Gasteiger partial charge in [-0.05, 0) is 19.8 Å². The minimum absolute atomic E-state index is 0.182. The highest BCUT2D eigenvalue weighted by Gasteiger charge is 2.66. The Kier molecular flexibility index (Phi) is 1.42. The lowest BCUT2D eigenvalue weighted by atomic mass is 9.57. The van der Waals surface area contributed by atoms with Crippen LogP contribution in [0.2, 0.25) is 0 Å². The number of hydrogen-bond donors (Lipinski definition) is 0. The van der Waals surface area contributed by atoms with Gasteiger partial charge in [0.1, 0.15) is 5.78 Å². The molecule has 2 nitrogen and oxygen atoms in total. The molecule has 2 heteroatoms. The number of ether oxygens (including phenoxy) is 1. The van der Waals surface area contributed by atoms with Crippen LogP contribution >= 0.6 is 0 Å². The number of carbonyl (C=O) groups excluding carboxylic acids is 1. The molecule has 3 aliphatic rings. The van der Waals surface area contributed by atoms with Gasteiger partial charge in [0.25, 0.3) is 0 Å². The summed E-state index contributed by atoms with van der Waals surface area (Å²) >= 11 is 0. The van der Waals surface area contributed by atoms with Gasteiger partial charge in [-0.2, -0.15) is 0 Å².